The third-order valence-corrected chi connectivity index (χ3v) is 3.38. The lowest BCUT2D eigenvalue weighted by atomic mass is 10.1. The molecule has 0 aliphatic carbocycles. The molecule has 0 fully saturated rings. The molecule has 0 bridgehead atoms. The first-order valence-corrected chi connectivity index (χ1v) is 5.40. The Bertz CT molecular complexity index is 222. The van der Waals surface area contributed by atoms with Crippen molar-refractivity contribution in [1.29, 1.82) is 0 Å². The maximum absolute atomic E-state index is 5.91. The predicted octanol–water partition coefficient (Wildman–Crippen LogP) is 3.31. The van der Waals surface area contributed by atoms with Gasteiger partial charge in [0.25, 0.3) is 0 Å². The van der Waals surface area contributed by atoms with Crippen LogP contribution in [0.4, 0.5) is 0 Å². The maximum atomic E-state index is 5.91. The molecule has 0 aromatic carbocycles. The van der Waals surface area contributed by atoms with Crippen molar-refractivity contribution in [3.05, 3.63) is 20.8 Å². The largest absolute Gasteiger partial charge is 0.323 e. The van der Waals surface area contributed by atoms with Gasteiger partial charge in [0.1, 0.15) is 0 Å². The van der Waals surface area contributed by atoms with Crippen molar-refractivity contribution in [2.75, 3.05) is 0 Å². The van der Waals surface area contributed by atoms with Gasteiger partial charge in [-0.1, -0.05) is 13.3 Å². The Morgan fingerprint density at radius 1 is 1.73 bits per heavy atom. The monoisotopic (exact) mass is 233 g/mol. The van der Waals surface area contributed by atoms with Gasteiger partial charge in [-0.3, -0.25) is 0 Å². The molecule has 1 atom stereocenters. The Morgan fingerprint density at radius 3 is 2.91 bits per heavy atom. The van der Waals surface area contributed by atoms with E-state index in [4.69, 9.17) is 5.73 Å². The highest BCUT2D eigenvalue weighted by molar-refractivity contribution is 9.10. The zero-order valence-electron chi connectivity index (χ0n) is 6.51. The van der Waals surface area contributed by atoms with E-state index in [1.165, 1.54) is 4.88 Å². The van der Waals surface area contributed by atoms with Crippen LogP contribution in [-0.4, -0.2) is 0 Å². The number of halogens is 1. The Kier molecular flexibility index (Phi) is 3.55. The standard InChI is InChI=1S/C8H12BrNS/c1-2-3-7(10)8-4-6(9)5-11-8/h4-5,7H,2-3,10H2,1H3/t7-/m0/s1. The van der Waals surface area contributed by atoms with E-state index in [9.17, 15) is 0 Å². The van der Waals surface area contributed by atoms with Gasteiger partial charge in [0.15, 0.2) is 0 Å². The van der Waals surface area contributed by atoms with Crippen LogP contribution in [0.5, 0.6) is 0 Å². The predicted molar refractivity (Wildman–Crippen MR) is 53.9 cm³/mol. The Labute approximate surface area is 79.7 Å². The summed E-state index contributed by atoms with van der Waals surface area (Å²) in [6.07, 6.45) is 2.23. The molecule has 0 radical (unpaired) electrons. The first-order valence-electron chi connectivity index (χ1n) is 3.73. The molecule has 62 valence electrons. The Hall–Kier alpha value is 0.140. The first kappa shape index (κ1) is 9.23. The maximum Gasteiger partial charge on any atom is 0.0390 e. The highest BCUT2D eigenvalue weighted by Gasteiger charge is 2.06. The van der Waals surface area contributed by atoms with Crippen LogP contribution >= 0.6 is 27.3 Å². The minimum Gasteiger partial charge on any atom is -0.323 e. The van der Waals surface area contributed by atoms with Gasteiger partial charge in [0.2, 0.25) is 0 Å². The summed E-state index contributed by atoms with van der Waals surface area (Å²) < 4.78 is 1.14. The van der Waals surface area contributed by atoms with Crippen molar-refractivity contribution in [3.8, 4) is 0 Å². The first-order chi connectivity index (χ1) is 5.24. The highest BCUT2D eigenvalue weighted by Crippen LogP contribution is 2.26. The van der Waals surface area contributed by atoms with Gasteiger partial charge in [0.05, 0.1) is 0 Å². The molecule has 0 amide bonds. The fraction of sp³-hybridized carbons (Fsp3) is 0.500. The van der Waals surface area contributed by atoms with E-state index in [1.807, 2.05) is 0 Å². The van der Waals surface area contributed by atoms with E-state index in [1.54, 1.807) is 11.3 Å². The van der Waals surface area contributed by atoms with Crippen molar-refractivity contribution in [2.45, 2.75) is 25.8 Å². The molecule has 2 N–H and O–H groups in total. The van der Waals surface area contributed by atoms with Crippen LogP contribution in [0.3, 0.4) is 0 Å². The van der Waals surface area contributed by atoms with Gasteiger partial charge in [-0.05, 0) is 28.4 Å². The zero-order chi connectivity index (χ0) is 8.27. The summed E-state index contributed by atoms with van der Waals surface area (Å²) in [5, 5.41) is 2.07. The van der Waals surface area contributed by atoms with E-state index < -0.39 is 0 Å². The molecule has 0 aliphatic heterocycles. The van der Waals surface area contributed by atoms with Crippen LogP contribution in [0.15, 0.2) is 15.9 Å². The molecule has 11 heavy (non-hydrogen) atoms. The van der Waals surface area contributed by atoms with Gasteiger partial charge in [-0.2, -0.15) is 0 Å². The number of nitrogens with two attached hydrogens (primary N) is 1. The van der Waals surface area contributed by atoms with Crippen LogP contribution in [0, 0.1) is 0 Å². The second-order valence-corrected chi connectivity index (χ2v) is 4.42. The number of hydrogen-bond donors (Lipinski definition) is 1. The van der Waals surface area contributed by atoms with Gasteiger partial charge in [-0.15, -0.1) is 11.3 Å². The summed E-state index contributed by atoms with van der Waals surface area (Å²) in [6, 6.07) is 2.33. The van der Waals surface area contributed by atoms with E-state index >= 15 is 0 Å². The van der Waals surface area contributed by atoms with Crippen LogP contribution in [0.1, 0.15) is 30.7 Å². The van der Waals surface area contributed by atoms with Gasteiger partial charge < -0.3 is 5.73 Å². The van der Waals surface area contributed by atoms with E-state index in [0.29, 0.717) is 0 Å². The molecule has 0 saturated carbocycles. The quantitative estimate of drug-likeness (QED) is 0.853. The van der Waals surface area contributed by atoms with Crippen molar-refractivity contribution in [2.24, 2.45) is 5.73 Å². The Morgan fingerprint density at radius 2 is 2.45 bits per heavy atom. The minimum absolute atomic E-state index is 0.233. The lowest BCUT2D eigenvalue weighted by Gasteiger charge is -2.05. The number of rotatable bonds is 3. The molecule has 1 rings (SSSR count). The number of thiophene rings is 1. The molecular formula is C8H12BrNS. The summed E-state index contributed by atoms with van der Waals surface area (Å²) >= 11 is 5.13. The van der Waals surface area contributed by atoms with Gasteiger partial charge >= 0.3 is 0 Å². The Balaban J connectivity index is 2.60. The molecular weight excluding hydrogens is 222 g/mol. The van der Waals surface area contributed by atoms with Crippen LogP contribution in [0.2, 0.25) is 0 Å². The molecule has 0 unspecified atom stereocenters. The van der Waals surface area contributed by atoms with Crippen LogP contribution in [0.25, 0.3) is 0 Å². The molecule has 3 heteroatoms. The molecule has 0 spiro atoms. The summed E-state index contributed by atoms with van der Waals surface area (Å²) in [4.78, 5) is 1.28. The molecule has 1 aromatic heterocycles. The molecule has 1 heterocycles. The van der Waals surface area contributed by atoms with Crippen molar-refractivity contribution >= 4 is 27.3 Å². The minimum atomic E-state index is 0.233. The summed E-state index contributed by atoms with van der Waals surface area (Å²) in [5.74, 6) is 0. The van der Waals surface area contributed by atoms with Crippen molar-refractivity contribution in [1.82, 2.24) is 0 Å². The van der Waals surface area contributed by atoms with E-state index in [-0.39, 0.29) is 6.04 Å². The van der Waals surface area contributed by atoms with E-state index in [0.717, 1.165) is 17.3 Å². The summed E-state index contributed by atoms with van der Waals surface area (Å²) in [6.45, 7) is 2.16. The normalized spacial score (nSPS) is 13.4. The van der Waals surface area contributed by atoms with Crippen molar-refractivity contribution < 1.29 is 0 Å². The summed E-state index contributed by atoms with van der Waals surface area (Å²) in [5.41, 5.74) is 5.91. The molecule has 0 saturated heterocycles. The molecule has 1 nitrogen and oxygen atoms in total. The van der Waals surface area contributed by atoms with Gasteiger partial charge in [0, 0.05) is 20.8 Å². The number of hydrogen-bond acceptors (Lipinski definition) is 2. The third-order valence-electron chi connectivity index (χ3n) is 1.55. The second kappa shape index (κ2) is 4.24. The van der Waals surface area contributed by atoms with Gasteiger partial charge in [-0.25, -0.2) is 0 Å². The van der Waals surface area contributed by atoms with Crippen LogP contribution in [-0.2, 0) is 0 Å². The fourth-order valence-corrected chi connectivity index (χ4v) is 2.46. The highest BCUT2D eigenvalue weighted by atomic mass is 79.9. The summed E-state index contributed by atoms with van der Waals surface area (Å²) in [7, 11) is 0. The zero-order valence-corrected chi connectivity index (χ0v) is 8.91. The lowest BCUT2D eigenvalue weighted by molar-refractivity contribution is 0.648. The SMILES string of the molecule is CCC[C@H](N)c1cc(Br)cs1. The molecule has 0 aliphatic rings. The second-order valence-electron chi connectivity index (χ2n) is 2.56. The third kappa shape index (κ3) is 2.58. The lowest BCUT2D eigenvalue weighted by Crippen LogP contribution is -2.07. The average molecular weight is 234 g/mol. The smallest absolute Gasteiger partial charge is 0.0390 e. The van der Waals surface area contributed by atoms with Crippen LogP contribution < -0.4 is 5.73 Å². The average Bonchev–Trinajstić information content (AvgIpc) is 2.36. The van der Waals surface area contributed by atoms with E-state index in [2.05, 4.69) is 34.3 Å². The van der Waals surface area contributed by atoms with Crippen molar-refractivity contribution in [3.63, 3.8) is 0 Å². The topological polar surface area (TPSA) is 26.0 Å². The molecule has 1 aromatic rings. The fourth-order valence-electron chi connectivity index (χ4n) is 0.976.